The fourth-order valence-electron chi connectivity index (χ4n) is 1.99. The van der Waals surface area contributed by atoms with Crippen molar-refractivity contribution in [1.82, 2.24) is 4.98 Å². The van der Waals surface area contributed by atoms with Gasteiger partial charge in [-0.1, -0.05) is 0 Å². The van der Waals surface area contributed by atoms with Gasteiger partial charge < -0.3 is 19.6 Å². The van der Waals surface area contributed by atoms with Crippen molar-refractivity contribution in [2.75, 3.05) is 14.2 Å². The minimum Gasteiger partial charge on any atom is -0.497 e. The molecular formula is C13H15NO4. The number of carbonyl (C=O) groups is 1. The number of carboxylic acids is 1. The van der Waals surface area contributed by atoms with Gasteiger partial charge in [-0.05, 0) is 12.0 Å². The highest BCUT2D eigenvalue weighted by Gasteiger charge is 2.12. The molecule has 2 aromatic rings. The second-order valence-corrected chi connectivity index (χ2v) is 3.96. The summed E-state index contributed by atoms with van der Waals surface area (Å²) in [6.07, 6.45) is 2.38. The lowest BCUT2D eigenvalue weighted by Gasteiger charge is -2.07. The van der Waals surface area contributed by atoms with Crippen LogP contribution >= 0.6 is 0 Å². The summed E-state index contributed by atoms with van der Waals surface area (Å²) in [7, 11) is 3.18. The van der Waals surface area contributed by atoms with Crippen LogP contribution in [0.15, 0.2) is 18.3 Å². The lowest BCUT2D eigenvalue weighted by molar-refractivity contribution is -0.136. The molecule has 1 aromatic carbocycles. The van der Waals surface area contributed by atoms with E-state index >= 15 is 0 Å². The number of carboxylic acid groups (broad SMARTS) is 1. The highest BCUT2D eigenvalue weighted by molar-refractivity contribution is 5.91. The average molecular weight is 249 g/mol. The quantitative estimate of drug-likeness (QED) is 0.852. The van der Waals surface area contributed by atoms with Crippen LogP contribution in [0.4, 0.5) is 0 Å². The molecule has 96 valence electrons. The number of fused-ring (bicyclic) bond motifs is 1. The number of aliphatic carboxylic acids is 1. The van der Waals surface area contributed by atoms with Crippen LogP contribution in [0.3, 0.4) is 0 Å². The Hall–Kier alpha value is -2.17. The van der Waals surface area contributed by atoms with Crippen LogP contribution in [-0.2, 0) is 11.2 Å². The number of hydrogen-bond donors (Lipinski definition) is 2. The molecule has 5 nitrogen and oxygen atoms in total. The zero-order chi connectivity index (χ0) is 13.1. The molecule has 0 spiro atoms. The molecule has 2 rings (SSSR count). The lowest BCUT2D eigenvalue weighted by Crippen LogP contribution is -1.97. The number of H-pyrrole nitrogens is 1. The number of aryl methyl sites for hydroxylation is 1. The number of aromatic nitrogens is 1. The number of nitrogens with one attached hydrogen (secondary N) is 1. The molecule has 0 fully saturated rings. The maximum Gasteiger partial charge on any atom is 0.303 e. The van der Waals surface area contributed by atoms with Crippen molar-refractivity contribution in [2.45, 2.75) is 12.8 Å². The van der Waals surface area contributed by atoms with Crippen molar-refractivity contribution in [2.24, 2.45) is 0 Å². The third-order valence-corrected chi connectivity index (χ3v) is 2.86. The predicted molar refractivity (Wildman–Crippen MR) is 67.4 cm³/mol. The predicted octanol–water partition coefficient (Wildman–Crippen LogP) is 2.20. The number of benzene rings is 1. The number of methoxy groups -OCH3 is 2. The van der Waals surface area contributed by atoms with Crippen molar-refractivity contribution in [1.29, 1.82) is 0 Å². The average Bonchev–Trinajstić information content (AvgIpc) is 2.78. The molecule has 5 heteroatoms. The smallest absolute Gasteiger partial charge is 0.303 e. The monoisotopic (exact) mass is 249 g/mol. The molecule has 0 atom stereocenters. The van der Waals surface area contributed by atoms with Gasteiger partial charge in [-0.2, -0.15) is 0 Å². The lowest BCUT2D eigenvalue weighted by atomic mass is 10.1. The van der Waals surface area contributed by atoms with E-state index in [1.165, 1.54) is 0 Å². The molecule has 0 aliphatic heterocycles. The van der Waals surface area contributed by atoms with Gasteiger partial charge in [-0.3, -0.25) is 4.79 Å². The van der Waals surface area contributed by atoms with Crippen LogP contribution in [0, 0.1) is 0 Å². The second kappa shape index (κ2) is 5.00. The van der Waals surface area contributed by atoms with Gasteiger partial charge in [0.2, 0.25) is 0 Å². The SMILES string of the molecule is COc1cc(OC)c2c(CCC(=O)O)c[nH]c2c1. The summed E-state index contributed by atoms with van der Waals surface area (Å²) in [6.45, 7) is 0. The molecule has 1 heterocycles. The number of rotatable bonds is 5. The van der Waals surface area contributed by atoms with Crippen molar-refractivity contribution in [3.05, 3.63) is 23.9 Å². The first-order chi connectivity index (χ1) is 8.65. The molecule has 2 N–H and O–H groups in total. The summed E-state index contributed by atoms with van der Waals surface area (Å²) in [4.78, 5) is 13.7. The van der Waals surface area contributed by atoms with E-state index in [0.29, 0.717) is 17.9 Å². The van der Waals surface area contributed by atoms with Crippen LogP contribution in [0.2, 0.25) is 0 Å². The minimum absolute atomic E-state index is 0.0993. The normalized spacial score (nSPS) is 10.6. The summed E-state index contributed by atoms with van der Waals surface area (Å²) in [6, 6.07) is 3.66. The Morgan fingerprint density at radius 1 is 1.33 bits per heavy atom. The first-order valence-electron chi connectivity index (χ1n) is 5.59. The van der Waals surface area contributed by atoms with Gasteiger partial charge in [-0.15, -0.1) is 0 Å². The Kier molecular flexibility index (Phi) is 3.41. The van der Waals surface area contributed by atoms with E-state index in [2.05, 4.69) is 4.98 Å². The Morgan fingerprint density at radius 3 is 2.72 bits per heavy atom. The maximum atomic E-state index is 10.6. The molecular weight excluding hydrogens is 234 g/mol. The summed E-state index contributed by atoms with van der Waals surface area (Å²) < 4.78 is 10.5. The molecule has 0 aliphatic carbocycles. The first-order valence-corrected chi connectivity index (χ1v) is 5.59. The molecule has 0 unspecified atom stereocenters. The molecule has 0 saturated carbocycles. The Balaban J connectivity index is 2.46. The fourth-order valence-corrected chi connectivity index (χ4v) is 1.99. The standard InChI is InChI=1S/C13H15NO4/c1-17-9-5-10-13(11(6-9)18-2)8(7-14-10)3-4-12(15)16/h5-7,14H,3-4H2,1-2H3,(H,15,16). The molecule has 18 heavy (non-hydrogen) atoms. The molecule has 0 radical (unpaired) electrons. The van der Waals surface area contributed by atoms with Crippen LogP contribution in [0.5, 0.6) is 11.5 Å². The van der Waals surface area contributed by atoms with Crippen molar-refractivity contribution in [3.8, 4) is 11.5 Å². The number of aromatic amines is 1. The highest BCUT2D eigenvalue weighted by Crippen LogP contribution is 2.33. The maximum absolute atomic E-state index is 10.6. The fraction of sp³-hybridized carbons (Fsp3) is 0.308. The van der Waals surface area contributed by atoms with Crippen LogP contribution in [0.1, 0.15) is 12.0 Å². The van der Waals surface area contributed by atoms with Gasteiger partial charge in [0.1, 0.15) is 11.5 Å². The van der Waals surface area contributed by atoms with Crippen LogP contribution < -0.4 is 9.47 Å². The van der Waals surface area contributed by atoms with Gasteiger partial charge >= 0.3 is 5.97 Å². The van der Waals surface area contributed by atoms with Gasteiger partial charge in [0.25, 0.3) is 0 Å². The number of hydrogen-bond acceptors (Lipinski definition) is 3. The molecule has 0 saturated heterocycles. The van der Waals surface area contributed by atoms with Gasteiger partial charge in [0.15, 0.2) is 0 Å². The Bertz CT molecular complexity index is 574. The van der Waals surface area contributed by atoms with Crippen LogP contribution in [-0.4, -0.2) is 30.3 Å². The zero-order valence-corrected chi connectivity index (χ0v) is 10.3. The third kappa shape index (κ3) is 2.25. The van der Waals surface area contributed by atoms with E-state index in [1.54, 1.807) is 20.3 Å². The molecule has 0 bridgehead atoms. The van der Waals surface area contributed by atoms with Crippen molar-refractivity contribution < 1.29 is 19.4 Å². The highest BCUT2D eigenvalue weighted by atomic mass is 16.5. The van der Waals surface area contributed by atoms with E-state index < -0.39 is 5.97 Å². The Labute approximate surface area is 104 Å². The molecule has 0 amide bonds. The molecule has 1 aromatic heterocycles. The minimum atomic E-state index is -0.808. The summed E-state index contributed by atoms with van der Waals surface area (Å²) in [5.41, 5.74) is 1.82. The van der Waals surface area contributed by atoms with E-state index in [0.717, 1.165) is 16.5 Å². The summed E-state index contributed by atoms with van der Waals surface area (Å²) in [5, 5.41) is 9.65. The van der Waals surface area contributed by atoms with E-state index in [4.69, 9.17) is 14.6 Å². The first kappa shape index (κ1) is 12.3. The van der Waals surface area contributed by atoms with Gasteiger partial charge in [0, 0.05) is 30.1 Å². The topological polar surface area (TPSA) is 71.6 Å². The second-order valence-electron chi connectivity index (χ2n) is 3.96. The van der Waals surface area contributed by atoms with Gasteiger partial charge in [-0.25, -0.2) is 0 Å². The van der Waals surface area contributed by atoms with Crippen molar-refractivity contribution >= 4 is 16.9 Å². The largest absolute Gasteiger partial charge is 0.497 e. The van der Waals surface area contributed by atoms with Gasteiger partial charge in [0.05, 0.1) is 19.7 Å². The van der Waals surface area contributed by atoms with Crippen molar-refractivity contribution in [3.63, 3.8) is 0 Å². The van der Waals surface area contributed by atoms with E-state index in [1.807, 2.05) is 12.3 Å². The molecule has 0 aliphatic rings. The van der Waals surface area contributed by atoms with E-state index in [-0.39, 0.29) is 6.42 Å². The summed E-state index contributed by atoms with van der Waals surface area (Å²) in [5.74, 6) is 0.578. The third-order valence-electron chi connectivity index (χ3n) is 2.86. The van der Waals surface area contributed by atoms with E-state index in [9.17, 15) is 4.79 Å². The Morgan fingerprint density at radius 2 is 2.11 bits per heavy atom. The summed E-state index contributed by atoms with van der Waals surface area (Å²) >= 11 is 0. The van der Waals surface area contributed by atoms with Crippen LogP contribution in [0.25, 0.3) is 10.9 Å². The number of ether oxygens (including phenoxy) is 2. The zero-order valence-electron chi connectivity index (χ0n) is 10.3.